The maximum atomic E-state index is 5.69. The number of rotatable bonds is 5. The second kappa shape index (κ2) is 12.1. The van der Waals surface area contributed by atoms with Crippen LogP contribution in [-0.4, -0.2) is 27.8 Å². The molecule has 1 N–H and O–H groups in total. The van der Waals surface area contributed by atoms with Crippen molar-refractivity contribution in [2.75, 3.05) is 0 Å². The molecule has 10 rings (SSSR count). The number of nitrogens with zero attached hydrogens (tertiary/aromatic N) is 3. The first-order chi connectivity index (χ1) is 25.3. The number of benzene rings is 7. The lowest BCUT2D eigenvalue weighted by molar-refractivity contribution is 0.553. The summed E-state index contributed by atoms with van der Waals surface area (Å²) < 4.78 is 2.37. The Hall–Kier alpha value is -6.52. The van der Waals surface area contributed by atoms with Crippen LogP contribution in [0.3, 0.4) is 0 Å². The Morgan fingerprint density at radius 2 is 1.24 bits per heavy atom. The Kier molecular flexibility index (Phi) is 6.98. The molecule has 0 fully saturated rings. The minimum Gasteiger partial charge on any atom is -0.374 e. The van der Waals surface area contributed by atoms with E-state index in [0.29, 0.717) is 0 Å². The van der Waals surface area contributed by atoms with E-state index in [1.54, 1.807) is 0 Å². The highest BCUT2D eigenvalue weighted by atomic mass is 15.1. The molecule has 2 atom stereocenters. The molecule has 242 valence electrons. The second-order valence-electron chi connectivity index (χ2n) is 13.4. The molecule has 4 nitrogen and oxygen atoms in total. The monoisotopic (exact) mass is 654 g/mol. The molecule has 4 heteroatoms. The molecule has 51 heavy (non-hydrogen) atoms. The van der Waals surface area contributed by atoms with Gasteiger partial charge in [-0.15, -0.1) is 0 Å². The average molecular weight is 655 g/mol. The van der Waals surface area contributed by atoms with Gasteiger partial charge in [-0.05, 0) is 86.3 Å². The molecule has 0 saturated carbocycles. The van der Waals surface area contributed by atoms with Crippen molar-refractivity contribution in [3.63, 3.8) is 0 Å². The number of para-hydroxylation sites is 1. The van der Waals surface area contributed by atoms with Gasteiger partial charge in [0.05, 0.1) is 28.8 Å². The fraction of sp³-hybridized carbons (Fsp3) is 0.0638. The molecule has 0 saturated heterocycles. The predicted octanol–water partition coefficient (Wildman–Crippen LogP) is 11.1. The number of nitrogens with one attached hydrogen (secondary N) is 1. The van der Waals surface area contributed by atoms with Crippen LogP contribution in [0.2, 0.25) is 0 Å². The SMILES string of the molecule is C1=CCC(C2C=CC=C(c3nc4c(-c5ccc6ccccc6c5)c5ccccc5c(-c5ccc6ccccc6c5)c4n3-c3ccccc3)N2)N=C1. The van der Waals surface area contributed by atoms with Gasteiger partial charge in [0.15, 0.2) is 5.82 Å². The summed E-state index contributed by atoms with van der Waals surface area (Å²) in [7, 11) is 0. The van der Waals surface area contributed by atoms with E-state index in [0.717, 1.165) is 51.4 Å². The van der Waals surface area contributed by atoms with Crippen LogP contribution in [0.25, 0.3) is 77.0 Å². The van der Waals surface area contributed by atoms with Crippen LogP contribution >= 0.6 is 0 Å². The van der Waals surface area contributed by atoms with Crippen molar-refractivity contribution < 1.29 is 0 Å². The van der Waals surface area contributed by atoms with E-state index >= 15 is 0 Å². The van der Waals surface area contributed by atoms with Gasteiger partial charge >= 0.3 is 0 Å². The van der Waals surface area contributed by atoms with E-state index in [9.17, 15) is 0 Å². The number of allylic oxidation sites excluding steroid dienone is 3. The Labute approximate surface area is 296 Å². The summed E-state index contributed by atoms with van der Waals surface area (Å²) in [5, 5.41) is 11.1. The number of hydrogen-bond donors (Lipinski definition) is 1. The van der Waals surface area contributed by atoms with Crippen LogP contribution in [0.5, 0.6) is 0 Å². The van der Waals surface area contributed by atoms with Crippen molar-refractivity contribution in [2.24, 2.45) is 4.99 Å². The van der Waals surface area contributed by atoms with E-state index in [1.165, 1.54) is 37.9 Å². The molecule has 1 aromatic heterocycles. The Bertz CT molecular complexity index is 2760. The molecule has 0 bridgehead atoms. The molecule has 2 unspecified atom stereocenters. The molecule has 0 radical (unpaired) electrons. The molecule has 7 aromatic carbocycles. The van der Waals surface area contributed by atoms with E-state index in [1.807, 2.05) is 12.3 Å². The fourth-order valence-corrected chi connectivity index (χ4v) is 7.93. The first-order valence-corrected chi connectivity index (χ1v) is 17.6. The summed E-state index contributed by atoms with van der Waals surface area (Å²) in [5.41, 5.74) is 8.71. The first-order valence-electron chi connectivity index (χ1n) is 17.6. The molecule has 3 heterocycles. The van der Waals surface area contributed by atoms with Gasteiger partial charge in [-0.2, -0.15) is 0 Å². The largest absolute Gasteiger partial charge is 0.374 e. The van der Waals surface area contributed by atoms with Crippen molar-refractivity contribution >= 4 is 55.3 Å². The van der Waals surface area contributed by atoms with Gasteiger partial charge < -0.3 is 5.32 Å². The van der Waals surface area contributed by atoms with Crippen LogP contribution in [-0.2, 0) is 0 Å². The number of dihydropyridines is 2. The summed E-state index contributed by atoms with van der Waals surface area (Å²) in [6, 6.07) is 50.5. The van der Waals surface area contributed by atoms with Crippen molar-refractivity contribution in [3.8, 4) is 27.9 Å². The summed E-state index contributed by atoms with van der Waals surface area (Å²) in [4.78, 5) is 10.5. The fourth-order valence-electron chi connectivity index (χ4n) is 7.93. The zero-order chi connectivity index (χ0) is 33.7. The van der Waals surface area contributed by atoms with E-state index in [-0.39, 0.29) is 12.1 Å². The third kappa shape index (κ3) is 4.99. The highest BCUT2D eigenvalue weighted by Crippen LogP contribution is 2.46. The third-order valence-corrected chi connectivity index (χ3v) is 10.3. The minimum atomic E-state index is 0.0502. The molecule has 8 aromatic rings. The van der Waals surface area contributed by atoms with E-state index in [4.69, 9.17) is 9.98 Å². The summed E-state index contributed by atoms with van der Waals surface area (Å²) in [5.74, 6) is 0.875. The first kappa shape index (κ1) is 29.4. The zero-order valence-corrected chi connectivity index (χ0v) is 27.9. The highest BCUT2D eigenvalue weighted by molar-refractivity contribution is 6.21. The number of aromatic nitrogens is 2. The third-order valence-electron chi connectivity index (χ3n) is 10.3. The number of aliphatic imine (C=N–C) groups is 1. The minimum absolute atomic E-state index is 0.0502. The smallest absolute Gasteiger partial charge is 0.161 e. The zero-order valence-electron chi connectivity index (χ0n) is 27.9. The summed E-state index contributed by atoms with van der Waals surface area (Å²) >= 11 is 0. The normalized spacial score (nSPS) is 17.0. The predicted molar refractivity (Wildman–Crippen MR) is 215 cm³/mol. The van der Waals surface area contributed by atoms with Gasteiger partial charge in [0.2, 0.25) is 0 Å². The van der Waals surface area contributed by atoms with E-state index < -0.39 is 0 Å². The van der Waals surface area contributed by atoms with Crippen molar-refractivity contribution in [1.82, 2.24) is 14.9 Å². The molecule has 2 aliphatic rings. The second-order valence-corrected chi connectivity index (χ2v) is 13.4. The van der Waals surface area contributed by atoms with Gasteiger partial charge in [0.25, 0.3) is 0 Å². The van der Waals surface area contributed by atoms with E-state index in [2.05, 4.69) is 174 Å². The Balaban J connectivity index is 1.33. The quantitative estimate of drug-likeness (QED) is 0.201. The van der Waals surface area contributed by atoms with Crippen molar-refractivity contribution in [3.05, 3.63) is 176 Å². The molecule has 0 spiro atoms. The summed E-state index contributed by atoms with van der Waals surface area (Å²) in [6.45, 7) is 0. The number of fused-ring (bicyclic) bond motifs is 4. The summed E-state index contributed by atoms with van der Waals surface area (Å²) in [6.07, 6.45) is 13.6. The maximum absolute atomic E-state index is 5.69. The standard InChI is InChI=1S/C47H34N4/c1-2-17-37(18-3-1)51-46-44(36-27-25-32-14-5-7-16-34(32)30-36)39-20-9-8-19-38(39)43(35-26-24-31-13-4-6-15-33(31)29-35)45(46)50-47(51)42-23-12-22-41(49-42)40-21-10-11-28-48-40/h1-20,22-30,40-41,49H,21H2. The maximum Gasteiger partial charge on any atom is 0.161 e. The van der Waals surface area contributed by atoms with Crippen LogP contribution < -0.4 is 5.32 Å². The molecule has 2 aliphatic heterocycles. The van der Waals surface area contributed by atoms with Crippen LogP contribution in [0.15, 0.2) is 175 Å². The van der Waals surface area contributed by atoms with Gasteiger partial charge in [0, 0.05) is 23.0 Å². The highest BCUT2D eigenvalue weighted by Gasteiger charge is 2.28. The molecular formula is C47H34N4. The lowest BCUT2D eigenvalue weighted by Gasteiger charge is -2.27. The topological polar surface area (TPSA) is 42.2 Å². The number of imidazole rings is 1. The Morgan fingerprint density at radius 1 is 0.608 bits per heavy atom. The lowest BCUT2D eigenvalue weighted by atomic mass is 9.89. The van der Waals surface area contributed by atoms with Gasteiger partial charge in [0.1, 0.15) is 0 Å². The molecule has 0 aliphatic carbocycles. The van der Waals surface area contributed by atoms with Gasteiger partial charge in [-0.1, -0.05) is 133 Å². The van der Waals surface area contributed by atoms with Crippen LogP contribution in [0.4, 0.5) is 0 Å². The lowest BCUT2D eigenvalue weighted by Crippen LogP contribution is -2.38. The molecule has 0 amide bonds. The Morgan fingerprint density at radius 3 is 1.92 bits per heavy atom. The number of hydrogen-bond acceptors (Lipinski definition) is 3. The van der Waals surface area contributed by atoms with Gasteiger partial charge in [-0.25, -0.2) is 4.98 Å². The van der Waals surface area contributed by atoms with Crippen molar-refractivity contribution in [2.45, 2.75) is 18.5 Å². The van der Waals surface area contributed by atoms with Crippen LogP contribution in [0.1, 0.15) is 12.2 Å². The molecular weight excluding hydrogens is 621 g/mol. The average Bonchev–Trinajstić information content (AvgIpc) is 3.60. The van der Waals surface area contributed by atoms with Crippen LogP contribution in [0, 0.1) is 0 Å². The van der Waals surface area contributed by atoms with Crippen molar-refractivity contribution in [1.29, 1.82) is 0 Å². The van der Waals surface area contributed by atoms with Gasteiger partial charge in [-0.3, -0.25) is 9.56 Å².